The molecule has 9 atom stereocenters. The quantitative estimate of drug-likeness (QED) is 0.122. The Morgan fingerprint density at radius 1 is 0.915 bits per heavy atom. The van der Waals surface area contributed by atoms with Crippen molar-refractivity contribution in [3.8, 4) is 0 Å². The number of hydrogen-bond acceptors (Lipinski definition) is 10. The van der Waals surface area contributed by atoms with Gasteiger partial charge >= 0.3 is 0 Å². The van der Waals surface area contributed by atoms with E-state index >= 15 is 0 Å². The fraction of sp³-hybridized carbons (Fsp3) is 0.638. The summed E-state index contributed by atoms with van der Waals surface area (Å²) in [6.45, 7) is 12.1. The fourth-order valence-electron chi connectivity index (χ4n) is 13.5. The molecule has 2 N–H and O–H groups in total. The number of piperidine rings is 1. The Bertz CT molecular complexity index is 2170. The molecular weight excluding hydrogens is 747 g/mol. The Morgan fingerprint density at radius 3 is 2.53 bits per heavy atom. The van der Waals surface area contributed by atoms with Gasteiger partial charge in [0.05, 0.1) is 29.4 Å². The van der Waals surface area contributed by atoms with Crippen LogP contribution in [0.5, 0.6) is 0 Å². The summed E-state index contributed by atoms with van der Waals surface area (Å²) >= 11 is 0. The molecule has 3 aromatic rings. The van der Waals surface area contributed by atoms with Crippen molar-refractivity contribution >= 4 is 34.1 Å². The molecule has 3 saturated heterocycles. The summed E-state index contributed by atoms with van der Waals surface area (Å²) in [4.78, 5) is 45.1. The second-order valence-corrected chi connectivity index (χ2v) is 19.5. The number of anilines is 1. The first-order valence-electron chi connectivity index (χ1n) is 22.4. The summed E-state index contributed by atoms with van der Waals surface area (Å²) < 4.78 is 15.2. The molecule has 12 heteroatoms. The van der Waals surface area contributed by atoms with Gasteiger partial charge in [-0.05, 0) is 106 Å². The third kappa shape index (κ3) is 5.78. The normalized spacial score (nSPS) is 34.5. The molecule has 2 spiro atoms. The number of ether oxygens (including phenoxy) is 2. The van der Waals surface area contributed by atoms with Crippen molar-refractivity contribution in [2.75, 3.05) is 31.1 Å². The third-order valence-corrected chi connectivity index (χ3v) is 16.1. The Morgan fingerprint density at radius 2 is 1.71 bits per heavy atom. The van der Waals surface area contributed by atoms with Gasteiger partial charge in [-0.3, -0.25) is 24.0 Å². The number of aliphatic hydroxyl groups excluding tert-OH is 2. The summed E-state index contributed by atoms with van der Waals surface area (Å²) in [5.74, 6) is -1.18. The molecule has 4 saturated carbocycles. The SMILES string of the molecule is C=C1C(=O)[C@]23[C@H](O)[C@H]1C[C@H](O)[C@H]2[C@]12CCCC(C)(C)[C@H]1C[C@H]3O[C@H]2OCCCCCc1cn(CCCN2C(=O)c3cccc4c(N5CCCCC5)ccc(c34)C2=O)nn1. The number of Topliss-reactive ketones (excluding diaryl/α,β-unsaturated/α-hetero) is 1. The van der Waals surface area contributed by atoms with Crippen LogP contribution < -0.4 is 4.90 Å². The standard InChI is InChI=1S/C47H59N5O7/c1-28-33-25-35(53)39-46-19-11-18-45(2,3)36(46)26-37(47(39,40(28)54)41(33)55)59-44(46)58-24-9-4-6-13-29-27-51(49-48-29)22-12-23-52-42(56)31-15-10-14-30-34(50-20-7-5-8-21-50)17-16-32(38(30)31)43(52)57/h10,14-17,27,33,35-37,39,41,44,53,55H,1,4-9,11-13,18-26H2,2-3H3/t33-,35-,36+,37+,39-,41+,44+,46-,47+/m0/s1. The van der Waals surface area contributed by atoms with Crippen LogP contribution in [0.25, 0.3) is 10.8 Å². The molecule has 2 aromatic carbocycles. The molecule has 59 heavy (non-hydrogen) atoms. The average Bonchev–Trinajstić information content (AvgIpc) is 3.73. The fourth-order valence-corrected chi connectivity index (χ4v) is 13.5. The Kier molecular flexibility index (Phi) is 9.69. The summed E-state index contributed by atoms with van der Waals surface area (Å²) in [7, 11) is 0. The number of benzene rings is 2. The lowest BCUT2D eigenvalue weighted by atomic mass is 9.37. The molecule has 12 nitrogen and oxygen atoms in total. The minimum atomic E-state index is -1.14. The van der Waals surface area contributed by atoms with Crippen molar-refractivity contribution < 1.29 is 34.1 Å². The molecule has 314 valence electrons. The molecular formula is C47H59N5O7. The van der Waals surface area contributed by atoms with E-state index in [0.717, 1.165) is 93.0 Å². The van der Waals surface area contributed by atoms with Crippen molar-refractivity contribution in [1.82, 2.24) is 19.9 Å². The zero-order valence-corrected chi connectivity index (χ0v) is 34.6. The van der Waals surface area contributed by atoms with Crippen LogP contribution in [0.1, 0.15) is 117 Å². The Balaban J connectivity index is 0.724. The van der Waals surface area contributed by atoms with Crippen molar-refractivity contribution in [3.63, 3.8) is 0 Å². The first kappa shape index (κ1) is 39.2. The predicted molar refractivity (Wildman–Crippen MR) is 221 cm³/mol. The van der Waals surface area contributed by atoms with Gasteiger partial charge in [-0.25, -0.2) is 0 Å². The lowest BCUT2D eigenvalue weighted by molar-refractivity contribution is -0.402. The van der Waals surface area contributed by atoms with Crippen LogP contribution in [0.4, 0.5) is 5.69 Å². The number of fused-ring (bicyclic) bond motifs is 2. The topological polar surface area (TPSA) is 147 Å². The van der Waals surface area contributed by atoms with Gasteiger partial charge in [-0.1, -0.05) is 50.6 Å². The number of amides is 2. The third-order valence-electron chi connectivity index (χ3n) is 16.1. The second kappa shape index (κ2) is 14.6. The minimum Gasteiger partial charge on any atom is -0.393 e. The molecule has 7 fully saturated rings. The van der Waals surface area contributed by atoms with Gasteiger partial charge in [-0.2, -0.15) is 0 Å². The van der Waals surface area contributed by atoms with E-state index in [4.69, 9.17) is 9.47 Å². The van der Waals surface area contributed by atoms with E-state index in [-0.39, 0.29) is 28.9 Å². The number of rotatable bonds is 12. The maximum Gasteiger partial charge on any atom is 0.261 e. The summed E-state index contributed by atoms with van der Waals surface area (Å²) in [5, 5.41) is 34.0. The average molecular weight is 806 g/mol. The lowest BCUT2D eigenvalue weighted by Crippen LogP contribution is -2.78. The van der Waals surface area contributed by atoms with E-state index in [1.807, 2.05) is 30.5 Å². The van der Waals surface area contributed by atoms with E-state index in [1.54, 1.807) is 4.68 Å². The molecule has 5 heterocycles. The van der Waals surface area contributed by atoms with Crippen LogP contribution in [-0.4, -0.2) is 98.5 Å². The lowest BCUT2D eigenvalue weighted by Gasteiger charge is -2.72. The number of aromatic nitrogens is 3. The maximum absolute atomic E-state index is 14.0. The Hall–Kier alpha value is -3.97. The van der Waals surface area contributed by atoms with Crippen LogP contribution in [0.3, 0.4) is 0 Å². The number of ketones is 1. The van der Waals surface area contributed by atoms with Crippen molar-refractivity contribution in [2.45, 2.75) is 128 Å². The van der Waals surface area contributed by atoms with Gasteiger partial charge in [0, 0.05) is 83.8 Å². The highest BCUT2D eigenvalue weighted by Gasteiger charge is 2.81. The zero-order chi connectivity index (χ0) is 40.8. The smallest absolute Gasteiger partial charge is 0.261 e. The molecule has 11 rings (SSSR count). The van der Waals surface area contributed by atoms with Gasteiger partial charge in [0.25, 0.3) is 11.8 Å². The molecule has 4 bridgehead atoms. The van der Waals surface area contributed by atoms with Gasteiger partial charge in [-0.15, -0.1) is 5.10 Å². The monoisotopic (exact) mass is 805 g/mol. The number of imide groups is 1. The molecule has 1 aromatic heterocycles. The molecule has 8 aliphatic rings. The largest absolute Gasteiger partial charge is 0.393 e. The van der Waals surface area contributed by atoms with E-state index < -0.39 is 47.3 Å². The predicted octanol–water partition coefficient (Wildman–Crippen LogP) is 6.26. The van der Waals surface area contributed by atoms with Crippen LogP contribution in [0.2, 0.25) is 0 Å². The van der Waals surface area contributed by atoms with Gasteiger partial charge in [0.1, 0.15) is 0 Å². The van der Waals surface area contributed by atoms with E-state index in [2.05, 4.69) is 41.7 Å². The highest BCUT2D eigenvalue weighted by Crippen LogP contribution is 2.75. The van der Waals surface area contributed by atoms with Crippen molar-refractivity contribution in [1.29, 1.82) is 0 Å². The van der Waals surface area contributed by atoms with E-state index in [0.29, 0.717) is 55.7 Å². The molecule has 4 aliphatic heterocycles. The van der Waals surface area contributed by atoms with Crippen LogP contribution in [-0.2, 0) is 27.2 Å². The molecule has 0 radical (unpaired) electrons. The van der Waals surface area contributed by atoms with Crippen molar-refractivity contribution in [2.24, 2.45) is 34.0 Å². The van der Waals surface area contributed by atoms with Gasteiger partial charge in [0.2, 0.25) is 0 Å². The first-order valence-corrected chi connectivity index (χ1v) is 22.4. The molecule has 2 amide bonds. The van der Waals surface area contributed by atoms with E-state index in [9.17, 15) is 24.6 Å². The summed E-state index contributed by atoms with van der Waals surface area (Å²) in [5.41, 5.74) is 1.96. The van der Waals surface area contributed by atoms with Gasteiger partial charge in [0.15, 0.2) is 12.1 Å². The van der Waals surface area contributed by atoms with Crippen LogP contribution in [0, 0.1) is 34.0 Å². The first-order chi connectivity index (χ1) is 28.5. The Labute approximate surface area is 346 Å². The number of nitrogens with zero attached hydrogens (tertiary/aromatic N) is 5. The van der Waals surface area contributed by atoms with E-state index in [1.165, 1.54) is 11.3 Å². The molecule has 4 aliphatic carbocycles. The van der Waals surface area contributed by atoms with Crippen molar-refractivity contribution in [3.05, 3.63) is 65.5 Å². The van der Waals surface area contributed by atoms with Crippen LogP contribution in [0.15, 0.2) is 48.7 Å². The number of carbonyl (C=O) groups excluding carboxylic acids is 3. The maximum atomic E-state index is 14.0. The number of carbonyl (C=O) groups is 3. The number of hydrogen-bond donors (Lipinski definition) is 2. The molecule has 0 unspecified atom stereocenters. The summed E-state index contributed by atoms with van der Waals surface area (Å²) in [6, 6.07) is 9.77. The summed E-state index contributed by atoms with van der Waals surface area (Å²) in [6.07, 6.45) is 10.8. The zero-order valence-electron chi connectivity index (χ0n) is 34.6. The number of unbranched alkanes of at least 4 members (excludes halogenated alkanes) is 2. The van der Waals surface area contributed by atoms with Crippen LogP contribution >= 0.6 is 0 Å². The highest BCUT2D eigenvalue weighted by molar-refractivity contribution is 6.26. The number of aliphatic hydroxyl groups is 2. The minimum absolute atomic E-state index is 0.00208. The second-order valence-electron chi connectivity index (χ2n) is 19.5. The number of aryl methyl sites for hydroxylation is 2. The highest BCUT2D eigenvalue weighted by atomic mass is 16.7. The van der Waals surface area contributed by atoms with Gasteiger partial charge < -0.3 is 24.6 Å².